The molecule has 1 aliphatic carbocycles. The number of amides is 2. The molecule has 1 N–H and O–H groups in total. The zero-order valence-electron chi connectivity index (χ0n) is 16.3. The molecule has 1 atom stereocenters. The Morgan fingerprint density at radius 2 is 1.78 bits per heavy atom. The molecule has 4 heteroatoms. The molecule has 1 heterocycles. The Hall–Kier alpha value is -2.33. The van der Waals surface area contributed by atoms with Crippen LogP contribution in [0.2, 0.25) is 0 Å². The smallest absolute Gasteiger partial charge is 0.318 e. The van der Waals surface area contributed by atoms with Crippen LogP contribution in [0.4, 0.5) is 4.79 Å². The number of hydrogen-bond donors (Lipinski definition) is 1. The molecule has 0 aromatic heterocycles. The van der Waals surface area contributed by atoms with Crippen LogP contribution >= 0.6 is 0 Å². The maximum absolute atomic E-state index is 13.1. The lowest BCUT2D eigenvalue weighted by Gasteiger charge is -2.40. The highest BCUT2D eigenvalue weighted by Crippen LogP contribution is 2.48. The van der Waals surface area contributed by atoms with E-state index >= 15 is 0 Å². The summed E-state index contributed by atoms with van der Waals surface area (Å²) in [6, 6.07) is 19.1. The van der Waals surface area contributed by atoms with E-state index in [0.717, 1.165) is 39.0 Å². The highest BCUT2D eigenvalue weighted by molar-refractivity contribution is 5.75. The summed E-state index contributed by atoms with van der Waals surface area (Å²) in [5, 5.41) is 3.26. The number of carbonyl (C=O) groups is 1. The van der Waals surface area contributed by atoms with E-state index < -0.39 is 0 Å². The van der Waals surface area contributed by atoms with Gasteiger partial charge in [-0.2, -0.15) is 0 Å². The minimum Gasteiger partial charge on any atom is -0.337 e. The Morgan fingerprint density at radius 3 is 2.48 bits per heavy atom. The van der Waals surface area contributed by atoms with E-state index in [1.54, 1.807) is 0 Å². The molecule has 4 nitrogen and oxygen atoms in total. The molecular formula is C23H29N3O. The van der Waals surface area contributed by atoms with Gasteiger partial charge in [0.2, 0.25) is 0 Å². The zero-order valence-corrected chi connectivity index (χ0v) is 16.3. The number of benzene rings is 2. The highest BCUT2D eigenvalue weighted by Gasteiger charge is 2.45. The Balaban J connectivity index is 1.46. The van der Waals surface area contributed by atoms with Gasteiger partial charge in [-0.05, 0) is 43.5 Å². The summed E-state index contributed by atoms with van der Waals surface area (Å²) in [4.78, 5) is 17.4. The van der Waals surface area contributed by atoms with Crippen molar-refractivity contribution in [3.05, 3.63) is 71.3 Å². The van der Waals surface area contributed by atoms with Gasteiger partial charge >= 0.3 is 6.03 Å². The fourth-order valence-electron chi connectivity index (χ4n) is 4.33. The molecule has 0 spiro atoms. The topological polar surface area (TPSA) is 35.6 Å². The van der Waals surface area contributed by atoms with Gasteiger partial charge in [0.15, 0.2) is 0 Å². The van der Waals surface area contributed by atoms with Crippen LogP contribution in [0.25, 0.3) is 0 Å². The van der Waals surface area contributed by atoms with Crippen LogP contribution in [-0.4, -0.2) is 49.1 Å². The molecule has 2 fully saturated rings. The predicted molar refractivity (Wildman–Crippen MR) is 109 cm³/mol. The average molecular weight is 364 g/mol. The van der Waals surface area contributed by atoms with Crippen LogP contribution in [0.15, 0.2) is 54.6 Å². The van der Waals surface area contributed by atoms with Gasteiger partial charge in [0.25, 0.3) is 0 Å². The average Bonchev–Trinajstić information content (AvgIpc) is 3.48. The highest BCUT2D eigenvalue weighted by atomic mass is 16.2. The predicted octanol–water partition coefficient (Wildman–Crippen LogP) is 3.72. The molecule has 1 saturated heterocycles. The Bertz CT molecular complexity index is 800. The van der Waals surface area contributed by atoms with Gasteiger partial charge in [-0.25, -0.2) is 4.79 Å². The first-order chi connectivity index (χ1) is 13.1. The van der Waals surface area contributed by atoms with Crippen molar-refractivity contribution in [3.63, 3.8) is 0 Å². The Kier molecular flexibility index (Phi) is 4.92. The van der Waals surface area contributed by atoms with Crippen molar-refractivity contribution in [1.29, 1.82) is 0 Å². The van der Waals surface area contributed by atoms with Crippen molar-refractivity contribution >= 4 is 6.03 Å². The van der Waals surface area contributed by atoms with Crippen LogP contribution in [0.5, 0.6) is 0 Å². The molecule has 2 aromatic rings. The van der Waals surface area contributed by atoms with Crippen molar-refractivity contribution in [2.24, 2.45) is 0 Å². The number of nitrogens with zero attached hydrogens (tertiary/aromatic N) is 2. The molecule has 2 amide bonds. The lowest BCUT2D eigenvalue weighted by Crippen LogP contribution is -2.53. The SMILES string of the molecule is Cc1ccccc1C1(CNC(=O)N2CCN(C)CC2c2ccccc2)CC1. The number of aryl methyl sites for hydroxylation is 1. The van der Waals surface area contributed by atoms with Gasteiger partial charge < -0.3 is 15.1 Å². The number of rotatable bonds is 4. The monoisotopic (exact) mass is 363 g/mol. The van der Waals surface area contributed by atoms with E-state index in [0.29, 0.717) is 0 Å². The maximum atomic E-state index is 13.1. The number of hydrogen-bond acceptors (Lipinski definition) is 2. The lowest BCUT2D eigenvalue weighted by molar-refractivity contribution is 0.108. The summed E-state index contributed by atoms with van der Waals surface area (Å²) in [5.41, 5.74) is 4.06. The fraction of sp³-hybridized carbons (Fsp3) is 0.435. The number of piperazine rings is 1. The summed E-state index contributed by atoms with van der Waals surface area (Å²) in [7, 11) is 2.13. The normalized spacial score (nSPS) is 21.7. The van der Waals surface area contributed by atoms with Crippen LogP contribution < -0.4 is 5.32 Å². The number of nitrogens with one attached hydrogen (secondary N) is 1. The molecule has 0 radical (unpaired) electrons. The van der Waals surface area contributed by atoms with Crippen LogP contribution in [0.1, 0.15) is 35.6 Å². The van der Waals surface area contributed by atoms with E-state index in [4.69, 9.17) is 0 Å². The van der Waals surface area contributed by atoms with Crippen LogP contribution in [0, 0.1) is 6.92 Å². The molecular weight excluding hydrogens is 334 g/mol. The first-order valence-electron chi connectivity index (χ1n) is 9.93. The van der Waals surface area contributed by atoms with E-state index in [1.807, 2.05) is 11.0 Å². The summed E-state index contributed by atoms with van der Waals surface area (Å²) in [5.74, 6) is 0. The third-order valence-electron chi connectivity index (χ3n) is 6.18. The second kappa shape index (κ2) is 7.35. The minimum absolute atomic E-state index is 0.0665. The zero-order chi connectivity index (χ0) is 18.9. The number of likely N-dealkylation sites (N-methyl/N-ethyl adjacent to an activating group) is 1. The van der Waals surface area contributed by atoms with E-state index in [9.17, 15) is 4.79 Å². The van der Waals surface area contributed by atoms with Gasteiger partial charge in [-0.3, -0.25) is 0 Å². The maximum Gasteiger partial charge on any atom is 0.318 e. The Labute approximate surface area is 162 Å². The van der Waals surface area contributed by atoms with Gasteiger partial charge in [-0.15, -0.1) is 0 Å². The van der Waals surface area contributed by atoms with Gasteiger partial charge in [0.05, 0.1) is 6.04 Å². The Morgan fingerprint density at radius 1 is 1.07 bits per heavy atom. The molecule has 27 heavy (non-hydrogen) atoms. The summed E-state index contributed by atoms with van der Waals surface area (Å²) in [6.07, 6.45) is 2.31. The number of carbonyl (C=O) groups excluding carboxylic acids is 1. The van der Waals surface area contributed by atoms with E-state index in [-0.39, 0.29) is 17.5 Å². The number of urea groups is 1. The van der Waals surface area contributed by atoms with Crippen molar-refractivity contribution < 1.29 is 4.79 Å². The standard InChI is InChI=1S/C23H29N3O/c1-18-8-6-7-11-20(18)23(12-13-23)17-24-22(27)26-15-14-25(2)16-21(26)19-9-4-3-5-10-19/h3-11,21H,12-17H2,1-2H3,(H,24,27). The second-order valence-electron chi connectivity index (χ2n) is 8.14. The van der Waals surface area contributed by atoms with E-state index in [1.165, 1.54) is 16.7 Å². The van der Waals surface area contributed by atoms with Crippen molar-refractivity contribution in [1.82, 2.24) is 15.1 Å². The third kappa shape index (κ3) is 3.72. The second-order valence-corrected chi connectivity index (χ2v) is 8.14. The summed E-state index contributed by atoms with van der Waals surface area (Å²) in [6.45, 7) is 5.45. The molecule has 4 rings (SSSR count). The summed E-state index contributed by atoms with van der Waals surface area (Å²) < 4.78 is 0. The molecule has 1 unspecified atom stereocenters. The minimum atomic E-state index is 0.0665. The van der Waals surface area contributed by atoms with Gasteiger partial charge in [0, 0.05) is 31.6 Å². The molecule has 142 valence electrons. The molecule has 2 aromatic carbocycles. The fourth-order valence-corrected chi connectivity index (χ4v) is 4.33. The first kappa shape index (κ1) is 18.1. The quantitative estimate of drug-likeness (QED) is 0.898. The van der Waals surface area contributed by atoms with Gasteiger partial charge in [0.1, 0.15) is 0 Å². The molecule has 0 bridgehead atoms. The van der Waals surface area contributed by atoms with Crippen molar-refractivity contribution in [3.8, 4) is 0 Å². The van der Waals surface area contributed by atoms with Crippen LogP contribution in [0.3, 0.4) is 0 Å². The van der Waals surface area contributed by atoms with Crippen molar-refractivity contribution in [2.45, 2.75) is 31.2 Å². The summed E-state index contributed by atoms with van der Waals surface area (Å²) >= 11 is 0. The third-order valence-corrected chi connectivity index (χ3v) is 6.18. The lowest BCUT2D eigenvalue weighted by atomic mass is 9.92. The van der Waals surface area contributed by atoms with E-state index in [2.05, 4.69) is 72.7 Å². The van der Waals surface area contributed by atoms with Gasteiger partial charge in [-0.1, -0.05) is 54.6 Å². The van der Waals surface area contributed by atoms with Crippen molar-refractivity contribution in [2.75, 3.05) is 33.2 Å². The molecule has 1 aliphatic heterocycles. The first-order valence-corrected chi connectivity index (χ1v) is 9.93. The molecule has 2 aliphatic rings. The largest absolute Gasteiger partial charge is 0.337 e. The van der Waals surface area contributed by atoms with Crippen LogP contribution in [-0.2, 0) is 5.41 Å². The molecule has 1 saturated carbocycles.